The number of carbonyl (C=O) groups is 1. The first-order valence-electron chi connectivity index (χ1n) is 6.04. The largest absolute Gasteiger partial charge is 0.348 e. The van der Waals surface area contributed by atoms with E-state index in [9.17, 15) is 4.79 Å². The van der Waals surface area contributed by atoms with Crippen molar-refractivity contribution >= 4 is 34.5 Å². The summed E-state index contributed by atoms with van der Waals surface area (Å²) in [5.41, 5.74) is 2.11. The monoisotopic (exact) mass is 284 g/mol. The van der Waals surface area contributed by atoms with Gasteiger partial charge in [-0.3, -0.25) is 0 Å². The van der Waals surface area contributed by atoms with E-state index < -0.39 is 0 Å². The number of nitrogens with one attached hydrogen (secondary N) is 1. The van der Waals surface area contributed by atoms with Crippen molar-refractivity contribution in [2.45, 2.75) is 4.90 Å². The Bertz CT molecular complexity index is 751. The first kappa shape index (κ1) is 12.7. The zero-order valence-electron chi connectivity index (χ0n) is 10.8. The molecule has 3 aromatic rings. The molecule has 0 bridgehead atoms. The van der Waals surface area contributed by atoms with Crippen LogP contribution in [-0.2, 0) is 0 Å². The van der Waals surface area contributed by atoms with Crippen molar-refractivity contribution in [1.29, 1.82) is 0 Å². The van der Waals surface area contributed by atoms with E-state index in [0.717, 1.165) is 10.6 Å². The van der Waals surface area contributed by atoms with Crippen LogP contribution in [0.3, 0.4) is 0 Å². The van der Waals surface area contributed by atoms with Gasteiger partial charge in [-0.25, -0.2) is 4.79 Å². The Morgan fingerprint density at radius 1 is 1.15 bits per heavy atom. The summed E-state index contributed by atoms with van der Waals surface area (Å²) in [6, 6.07) is 14.7. The maximum absolute atomic E-state index is 12.2. The Kier molecular flexibility index (Phi) is 3.39. The van der Waals surface area contributed by atoms with E-state index in [1.54, 1.807) is 11.8 Å². The van der Waals surface area contributed by atoms with Crippen LogP contribution in [0.15, 0.2) is 53.4 Å². The van der Waals surface area contributed by atoms with Crippen LogP contribution in [0.4, 0.5) is 10.5 Å². The predicted octanol–water partition coefficient (Wildman–Crippen LogP) is 3.23. The molecule has 0 fully saturated rings. The molecule has 0 aliphatic rings. The maximum Gasteiger partial charge on any atom is 0.348 e. The van der Waals surface area contributed by atoms with Crippen LogP contribution in [0, 0.1) is 0 Å². The molecule has 2 aromatic carbocycles. The molecule has 0 saturated carbocycles. The lowest BCUT2D eigenvalue weighted by Crippen LogP contribution is -2.20. The molecule has 1 N–H and O–H groups in total. The lowest BCUT2D eigenvalue weighted by Gasteiger charge is -2.05. The van der Waals surface area contributed by atoms with Gasteiger partial charge in [0.1, 0.15) is 5.52 Å². The molecule has 1 amide bonds. The molecule has 0 radical (unpaired) electrons. The number of hydrogen-bond donors (Lipinski definition) is 1. The highest BCUT2D eigenvalue weighted by atomic mass is 32.2. The summed E-state index contributed by atoms with van der Waals surface area (Å²) in [7, 11) is 0. The molecule has 1 heterocycles. The predicted molar refractivity (Wildman–Crippen MR) is 80.2 cm³/mol. The second kappa shape index (κ2) is 5.34. The van der Waals surface area contributed by atoms with E-state index in [1.165, 1.54) is 4.68 Å². The summed E-state index contributed by atoms with van der Waals surface area (Å²) in [4.78, 5) is 13.3. The molecule has 20 heavy (non-hydrogen) atoms. The van der Waals surface area contributed by atoms with Crippen molar-refractivity contribution < 1.29 is 4.79 Å². The number of benzene rings is 2. The second-order valence-electron chi connectivity index (χ2n) is 4.15. The number of anilines is 1. The fraction of sp³-hybridized carbons (Fsp3) is 0.0714. The fourth-order valence-corrected chi connectivity index (χ4v) is 2.28. The number of carbonyl (C=O) groups excluding carboxylic acids is 1. The Morgan fingerprint density at radius 3 is 2.65 bits per heavy atom. The third kappa shape index (κ3) is 2.37. The minimum absolute atomic E-state index is 0.324. The summed E-state index contributed by atoms with van der Waals surface area (Å²) in [5.74, 6) is 0. The van der Waals surface area contributed by atoms with Crippen LogP contribution >= 0.6 is 11.8 Å². The summed E-state index contributed by atoms with van der Waals surface area (Å²) in [6.45, 7) is 0. The summed E-state index contributed by atoms with van der Waals surface area (Å²) >= 11 is 1.66. The number of aromatic nitrogens is 3. The molecular weight excluding hydrogens is 272 g/mol. The van der Waals surface area contributed by atoms with Crippen molar-refractivity contribution in [2.24, 2.45) is 0 Å². The number of amides is 1. The van der Waals surface area contributed by atoms with Crippen LogP contribution in [0.5, 0.6) is 0 Å². The van der Waals surface area contributed by atoms with Gasteiger partial charge in [0.25, 0.3) is 0 Å². The van der Waals surface area contributed by atoms with Crippen LogP contribution in [0.1, 0.15) is 0 Å². The molecular formula is C14H12N4OS. The van der Waals surface area contributed by atoms with Crippen molar-refractivity contribution in [3.05, 3.63) is 48.5 Å². The first-order valence-corrected chi connectivity index (χ1v) is 7.26. The Morgan fingerprint density at radius 2 is 1.90 bits per heavy atom. The molecule has 0 unspecified atom stereocenters. The van der Waals surface area contributed by atoms with E-state index in [4.69, 9.17) is 0 Å². The molecule has 0 atom stereocenters. The van der Waals surface area contributed by atoms with Crippen molar-refractivity contribution in [3.8, 4) is 0 Å². The van der Waals surface area contributed by atoms with Crippen molar-refractivity contribution in [1.82, 2.24) is 15.0 Å². The van der Waals surface area contributed by atoms with Gasteiger partial charge in [0.2, 0.25) is 0 Å². The van der Waals surface area contributed by atoms with Gasteiger partial charge < -0.3 is 5.32 Å². The van der Waals surface area contributed by atoms with Gasteiger partial charge in [-0.1, -0.05) is 17.3 Å². The van der Waals surface area contributed by atoms with E-state index >= 15 is 0 Å². The van der Waals surface area contributed by atoms with E-state index in [2.05, 4.69) is 15.6 Å². The molecule has 3 rings (SSSR count). The Balaban J connectivity index is 1.85. The molecule has 1 aromatic heterocycles. The molecule has 100 valence electrons. The number of para-hydroxylation sites is 1. The summed E-state index contributed by atoms with van der Waals surface area (Å²) in [6.07, 6.45) is 2.01. The lowest BCUT2D eigenvalue weighted by atomic mass is 10.3. The van der Waals surface area contributed by atoms with Gasteiger partial charge in [0, 0.05) is 10.6 Å². The number of thioether (sulfide) groups is 1. The summed E-state index contributed by atoms with van der Waals surface area (Å²) in [5, 5.41) is 10.6. The normalized spacial score (nSPS) is 10.7. The van der Waals surface area contributed by atoms with Gasteiger partial charge in [-0.2, -0.15) is 4.68 Å². The maximum atomic E-state index is 12.2. The standard InChI is InChI=1S/C14H12N4OS/c1-20-11-8-6-10(7-9-11)15-14(19)18-13-5-3-2-4-12(13)16-17-18/h2-9H,1H3,(H,15,19). The van der Waals surface area contributed by atoms with Gasteiger partial charge in [-0.05, 0) is 42.7 Å². The minimum atomic E-state index is -0.324. The Labute approximate surface area is 120 Å². The highest BCUT2D eigenvalue weighted by molar-refractivity contribution is 7.98. The van der Waals surface area contributed by atoms with Crippen molar-refractivity contribution in [3.63, 3.8) is 0 Å². The van der Waals surface area contributed by atoms with Crippen LogP contribution in [0.25, 0.3) is 11.0 Å². The van der Waals surface area contributed by atoms with Crippen molar-refractivity contribution in [2.75, 3.05) is 11.6 Å². The average Bonchev–Trinajstić information content (AvgIpc) is 2.92. The average molecular weight is 284 g/mol. The highest BCUT2D eigenvalue weighted by Crippen LogP contribution is 2.18. The number of nitrogens with zero attached hydrogens (tertiary/aromatic N) is 3. The molecule has 5 nitrogen and oxygen atoms in total. The Hall–Kier alpha value is -2.34. The molecule has 0 spiro atoms. The van der Waals surface area contributed by atoms with E-state index in [1.807, 2.05) is 54.8 Å². The second-order valence-corrected chi connectivity index (χ2v) is 5.03. The number of rotatable bonds is 2. The molecule has 0 aliphatic heterocycles. The van der Waals surface area contributed by atoms with Gasteiger partial charge in [0.05, 0.1) is 5.52 Å². The van der Waals surface area contributed by atoms with Crippen LogP contribution < -0.4 is 5.32 Å². The SMILES string of the molecule is CSc1ccc(NC(=O)n2nnc3ccccc32)cc1. The smallest absolute Gasteiger partial charge is 0.306 e. The topological polar surface area (TPSA) is 59.8 Å². The molecule has 0 aliphatic carbocycles. The van der Waals surface area contributed by atoms with Gasteiger partial charge >= 0.3 is 6.03 Å². The van der Waals surface area contributed by atoms with Gasteiger partial charge in [0.15, 0.2) is 0 Å². The first-order chi connectivity index (χ1) is 9.78. The van der Waals surface area contributed by atoms with E-state index in [-0.39, 0.29) is 6.03 Å². The lowest BCUT2D eigenvalue weighted by molar-refractivity contribution is 0.251. The van der Waals surface area contributed by atoms with Crippen LogP contribution in [0.2, 0.25) is 0 Å². The fourth-order valence-electron chi connectivity index (χ4n) is 1.87. The zero-order chi connectivity index (χ0) is 13.9. The third-order valence-electron chi connectivity index (χ3n) is 2.89. The number of fused-ring (bicyclic) bond motifs is 1. The van der Waals surface area contributed by atoms with Gasteiger partial charge in [-0.15, -0.1) is 16.9 Å². The molecule has 0 saturated heterocycles. The summed E-state index contributed by atoms with van der Waals surface area (Å²) < 4.78 is 1.26. The zero-order valence-corrected chi connectivity index (χ0v) is 11.6. The van der Waals surface area contributed by atoms with Crippen LogP contribution in [-0.4, -0.2) is 27.3 Å². The minimum Gasteiger partial charge on any atom is -0.306 e. The van der Waals surface area contributed by atoms with E-state index in [0.29, 0.717) is 11.0 Å². The third-order valence-corrected chi connectivity index (χ3v) is 3.63. The quantitative estimate of drug-likeness (QED) is 0.734. The number of hydrogen-bond acceptors (Lipinski definition) is 4. The highest BCUT2D eigenvalue weighted by Gasteiger charge is 2.11. The molecule has 6 heteroatoms.